The molecule has 118 valence electrons. The third kappa shape index (κ3) is 5.90. The summed E-state index contributed by atoms with van der Waals surface area (Å²) in [5, 5.41) is 13.6. The summed E-state index contributed by atoms with van der Waals surface area (Å²) in [5.41, 5.74) is -0.858. The minimum Gasteiger partial charge on any atom is -0.491 e. The highest BCUT2D eigenvalue weighted by atomic mass is 19.4. The molecule has 0 spiro atoms. The predicted octanol–water partition coefficient (Wildman–Crippen LogP) is 1.76. The maximum atomic E-state index is 12.7. The van der Waals surface area contributed by atoms with Gasteiger partial charge in [0, 0.05) is 0 Å². The molecule has 0 heterocycles. The first-order valence-electron chi connectivity index (χ1n) is 6.29. The van der Waals surface area contributed by atoms with Crippen molar-refractivity contribution in [1.82, 2.24) is 10.6 Å². The third-order valence-corrected chi connectivity index (χ3v) is 2.49. The van der Waals surface area contributed by atoms with Crippen LogP contribution < -0.4 is 15.4 Å². The minimum atomic E-state index is -4.49. The van der Waals surface area contributed by atoms with Gasteiger partial charge in [-0.1, -0.05) is 12.1 Å². The number of ether oxygens (including phenoxy) is 1. The number of para-hydroxylation sites is 1. The van der Waals surface area contributed by atoms with Gasteiger partial charge in [0.15, 0.2) is 0 Å². The Kier molecular flexibility index (Phi) is 6.29. The van der Waals surface area contributed by atoms with E-state index in [4.69, 9.17) is 9.84 Å². The molecule has 0 saturated carbocycles. The highest BCUT2D eigenvalue weighted by Crippen LogP contribution is 2.35. The maximum absolute atomic E-state index is 12.7. The largest absolute Gasteiger partial charge is 0.491 e. The Bertz CT molecular complexity index is 466. The average molecular weight is 306 g/mol. The fourth-order valence-electron chi connectivity index (χ4n) is 1.47. The van der Waals surface area contributed by atoms with E-state index in [1.165, 1.54) is 18.2 Å². The van der Waals surface area contributed by atoms with Gasteiger partial charge in [0.25, 0.3) is 0 Å². The summed E-state index contributed by atoms with van der Waals surface area (Å²) in [6.07, 6.45) is -4.49. The molecule has 8 heteroatoms. The fraction of sp³-hybridized carbons (Fsp3) is 0.462. The van der Waals surface area contributed by atoms with Crippen LogP contribution in [0.4, 0.5) is 18.0 Å². The molecule has 0 aromatic heterocycles. The molecule has 0 aliphatic rings. The Labute approximate surface area is 120 Å². The molecule has 0 saturated heterocycles. The van der Waals surface area contributed by atoms with Crippen LogP contribution in [0, 0.1) is 0 Å². The summed E-state index contributed by atoms with van der Waals surface area (Å²) in [5.74, 6) is -0.282. The van der Waals surface area contributed by atoms with Gasteiger partial charge in [0.1, 0.15) is 12.4 Å². The second kappa shape index (κ2) is 7.72. The van der Waals surface area contributed by atoms with Gasteiger partial charge in [-0.25, -0.2) is 4.79 Å². The summed E-state index contributed by atoms with van der Waals surface area (Å²) < 4.78 is 43.1. The zero-order valence-corrected chi connectivity index (χ0v) is 11.4. The van der Waals surface area contributed by atoms with Crippen molar-refractivity contribution in [3.05, 3.63) is 29.8 Å². The van der Waals surface area contributed by atoms with E-state index in [0.717, 1.165) is 6.07 Å². The number of nitrogens with one attached hydrogen (secondary N) is 2. The van der Waals surface area contributed by atoms with Gasteiger partial charge in [0.2, 0.25) is 0 Å². The van der Waals surface area contributed by atoms with E-state index in [0.29, 0.717) is 0 Å². The highest BCUT2D eigenvalue weighted by molar-refractivity contribution is 5.74. The molecule has 0 bridgehead atoms. The summed E-state index contributed by atoms with van der Waals surface area (Å²) in [4.78, 5) is 11.3. The third-order valence-electron chi connectivity index (χ3n) is 2.49. The summed E-state index contributed by atoms with van der Waals surface area (Å²) in [6.45, 7) is 1.34. The van der Waals surface area contributed by atoms with Crippen LogP contribution in [0.3, 0.4) is 0 Å². The molecule has 0 radical (unpaired) electrons. The molecular weight excluding hydrogens is 289 g/mol. The van der Waals surface area contributed by atoms with Gasteiger partial charge in [-0.15, -0.1) is 0 Å². The lowest BCUT2D eigenvalue weighted by molar-refractivity contribution is -0.138. The van der Waals surface area contributed by atoms with Gasteiger partial charge < -0.3 is 20.5 Å². The quantitative estimate of drug-likeness (QED) is 0.701. The zero-order valence-electron chi connectivity index (χ0n) is 11.4. The minimum absolute atomic E-state index is 0.0379. The molecule has 1 aromatic carbocycles. The number of alkyl halides is 3. The number of carbonyl (C=O) groups excluding carboxylic acids is 1. The van der Waals surface area contributed by atoms with Crippen molar-refractivity contribution in [2.45, 2.75) is 19.1 Å². The molecular formula is C13H17F3N2O3. The number of hydrogen-bond acceptors (Lipinski definition) is 3. The van der Waals surface area contributed by atoms with Crippen molar-refractivity contribution in [2.75, 3.05) is 19.8 Å². The fourth-order valence-corrected chi connectivity index (χ4v) is 1.47. The van der Waals surface area contributed by atoms with Crippen LogP contribution in [0.15, 0.2) is 24.3 Å². The van der Waals surface area contributed by atoms with Crippen LogP contribution in [-0.4, -0.2) is 36.9 Å². The molecule has 3 N–H and O–H groups in total. The lowest BCUT2D eigenvalue weighted by Crippen LogP contribution is -2.43. The number of urea groups is 1. The van der Waals surface area contributed by atoms with Crippen molar-refractivity contribution >= 4 is 6.03 Å². The van der Waals surface area contributed by atoms with Crippen LogP contribution >= 0.6 is 0 Å². The van der Waals surface area contributed by atoms with Gasteiger partial charge >= 0.3 is 12.2 Å². The Morgan fingerprint density at radius 3 is 2.67 bits per heavy atom. The van der Waals surface area contributed by atoms with E-state index in [1.54, 1.807) is 6.92 Å². The number of halogens is 3. The van der Waals surface area contributed by atoms with Crippen molar-refractivity contribution in [1.29, 1.82) is 0 Å². The van der Waals surface area contributed by atoms with E-state index in [-0.39, 0.29) is 25.5 Å². The Morgan fingerprint density at radius 2 is 2.05 bits per heavy atom. The molecule has 1 unspecified atom stereocenters. The molecule has 1 aromatic rings. The van der Waals surface area contributed by atoms with Crippen LogP contribution in [0.5, 0.6) is 5.75 Å². The van der Waals surface area contributed by atoms with Crippen molar-refractivity contribution in [3.8, 4) is 5.75 Å². The second-order valence-corrected chi connectivity index (χ2v) is 4.33. The standard InChI is InChI=1S/C13H17F3N2O3/c1-9(8-19)18-12(20)17-6-7-21-11-5-3-2-4-10(11)13(14,15)16/h2-5,9,19H,6-8H2,1H3,(H2,17,18,20). The van der Waals surface area contributed by atoms with Crippen molar-refractivity contribution in [3.63, 3.8) is 0 Å². The summed E-state index contributed by atoms with van der Waals surface area (Å²) >= 11 is 0. The molecule has 0 aliphatic heterocycles. The smallest absolute Gasteiger partial charge is 0.419 e. The Balaban J connectivity index is 2.42. The van der Waals surface area contributed by atoms with Gasteiger partial charge in [-0.3, -0.25) is 0 Å². The molecule has 0 aliphatic carbocycles. The zero-order chi connectivity index (χ0) is 15.9. The number of rotatable bonds is 6. The first-order chi connectivity index (χ1) is 9.84. The van der Waals surface area contributed by atoms with Gasteiger partial charge in [-0.2, -0.15) is 13.2 Å². The van der Waals surface area contributed by atoms with E-state index < -0.39 is 23.8 Å². The first kappa shape index (κ1) is 17.1. The van der Waals surface area contributed by atoms with Crippen LogP contribution in [0.2, 0.25) is 0 Å². The summed E-state index contributed by atoms with van der Waals surface area (Å²) in [6, 6.07) is 3.93. The molecule has 0 fully saturated rings. The van der Waals surface area contributed by atoms with E-state index >= 15 is 0 Å². The molecule has 2 amide bonds. The molecule has 5 nitrogen and oxygen atoms in total. The topological polar surface area (TPSA) is 70.6 Å². The van der Waals surface area contributed by atoms with Crippen molar-refractivity contribution in [2.24, 2.45) is 0 Å². The van der Waals surface area contributed by atoms with E-state index in [9.17, 15) is 18.0 Å². The normalized spacial score (nSPS) is 12.6. The first-order valence-corrected chi connectivity index (χ1v) is 6.29. The van der Waals surface area contributed by atoms with Gasteiger partial charge in [-0.05, 0) is 19.1 Å². The van der Waals surface area contributed by atoms with E-state index in [1.807, 2.05) is 0 Å². The average Bonchev–Trinajstić information content (AvgIpc) is 2.42. The lowest BCUT2D eigenvalue weighted by atomic mass is 10.2. The van der Waals surface area contributed by atoms with E-state index in [2.05, 4.69) is 10.6 Å². The Hall–Kier alpha value is -1.96. The Morgan fingerprint density at radius 1 is 1.38 bits per heavy atom. The van der Waals surface area contributed by atoms with Crippen molar-refractivity contribution < 1.29 is 27.8 Å². The van der Waals surface area contributed by atoms with Gasteiger partial charge in [0.05, 0.1) is 24.8 Å². The van der Waals surface area contributed by atoms with Crippen LogP contribution in [0.25, 0.3) is 0 Å². The number of carbonyl (C=O) groups is 1. The molecule has 21 heavy (non-hydrogen) atoms. The number of amides is 2. The predicted molar refractivity (Wildman–Crippen MR) is 70.0 cm³/mol. The second-order valence-electron chi connectivity index (χ2n) is 4.33. The lowest BCUT2D eigenvalue weighted by Gasteiger charge is -2.15. The number of benzene rings is 1. The molecule has 1 atom stereocenters. The summed E-state index contributed by atoms with van der Waals surface area (Å²) in [7, 11) is 0. The van der Waals surface area contributed by atoms with Crippen LogP contribution in [-0.2, 0) is 6.18 Å². The maximum Gasteiger partial charge on any atom is 0.419 e. The van der Waals surface area contributed by atoms with Crippen LogP contribution in [0.1, 0.15) is 12.5 Å². The number of aliphatic hydroxyl groups is 1. The highest BCUT2D eigenvalue weighted by Gasteiger charge is 2.33. The monoisotopic (exact) mass is 306 g/mol. The number of aliphatic hydroxyl groups excluding tert-OH is 1. The number of hydrogen-bond donors (Lipinski definition) is 3. The SMILES string of the molecule is CC(CO)NC(=O)NCCOc1ccccc1C(F)(F)F. The molecule has 1 rings (SSSR count).